The third kappa shape index (κ3) is 6.62. The van der Waals surface area contributed by atoms with Gasteiger partial charge in [-0.1, -0.05) is 0 Å². The van der Waals surface area contributed by atoms with E-state index in [0.29, 0.717) is 12.0 Å². The molecule has 2 amide bonds. The summed E-state index contributed by atoms with van der Waals surface area (Å²) in [6, 6.07) is 7.78. The summed E-state index contributed by atoms with van der Waals surface area (Å²) in [5.74, 6) is 0.0594. The zero-order valence-electron chi connectivity index (χ0n) is 16.6. The van der Waals surface area contributed by atoms with Gasteiger partial charge in [-0.3, -0.25) is 9.59 Å². The lowest BCUT2D eigenvalue weighted by atomic mass is 10.0. The van der Waals surface area contributed by atoms with Crippen molar-refractivity contribution in [3.8, 4) is 0 Å². The van der Waals surface area contributed by atoms with Crippen molar-refractivity contribution in [2.75, 3.05) is 39.0 Å². The number of likely N-dealkylation sites (tertiary alicyclic amines) is 1. The Morgan fingerprint density at radius 1 is 1.18 bits per heavy atom. The molecule has 28 heavy (non-hydrogen) atoms. The number of carbonyl (C=O) groups excluding carboxylic acids is 2. The number of piperidine rings is 1. The topological polar surface area (TPSA) is 64.7 Å². The van der Waals surface area contributed by atoms with Gasteiger partial charge in [0.1, 0.15) is 0 Å². The first-order valence-electron chi connectivity index (χ1n) is 9.62. The minimum absolute atomic E-state index is 0. The van der Waals surface area contributed by atoms with Crippen molar-refractivity contribution in [2.24, 2.45) is 0 Å². The zero-order valence-corrected chi connectivity index (χ0v) is 18.3. The molecule has 0 radical (unpaired) electrons. The van der Waals surface area contributed by atoms with Crippen molar-refractivity contribution >= 4 is 42.3 Å². The molecule has 6 nitrogen and oxygen atoms in total. The molecule has 2 heterocycles. The molecule has 2 atom stereocenters. The Hall–Kier alpha value is -1.34. The van der Waals surface area contributed by atoms with Gasteiger partial charge in [0.15, 0.2) is 0 Å². The van der Waals surface area contributed by atoms with Crippen LogP contribution in [0.3, 0.4) is 0 Å². The molecular weight excluding hydrogens is 399 g/mol. The maximum atomic E-state index is 12.7. The quantitative estimate of drug-likeness (QED) is 0.753. The Morgan fingerprint density at radius 3 is 2.50 bits per heavy atom. The summed E-state index contributed by atoms with van der Waals surface area (Å²) in [6.45, 7) is 3.02. The number of amides is 2. The van der Waals surface area contributed by atoms with Crippen LogP contribution in [0.1, 0.15) is 42.5 Å². The number of anilines is 1. The summed E-state index contributed by atoms with van der Waals surface area (Å²) < 4.78 is 0. The first-order valence-corrected chi connectivity index (χ1v) is 9.62. The second-order valence-corrected chi connectivity index (χ2v) is 7.60. The summed E-state index contributed by atoms with van der Waals surface area (Å²) in [6.07, 6.45) is 4.87. The maximum Gasteiger partial charge on any atom is 0.253 e. The summed E-state index contributed by atoms with van der Waals surface area (Å²) in [7, 11) is 3.99. The van der Waals surface area contributed by atoms with Crippen molar-refractivity contribution in [2.45, 2.75) is 44.2 Å². The fraction of sp³-hybridized carbons (Fsp3) is 0.600. The van der Waals surface area contributed by atoms with E-state index in [9.17, 15) is 9.59 Å². The van der Waals surface area contributed by atoms with E-state index in [1.165, 1.54) is 0 Å². The van der Waals surface area contributed by atoms with Gasteiger partial charge >= 0.3 is 0 Å². The summed E-state index contributed by atoms with van der Waals surface area (Å²) in [4.78, 5) is 29.0. The van der Waals surface area contributed by atoms with Crippen LogP contribution in [0.5, 0.6) is 0 Å². The van der Waals surface area contributed by atoms with Gasteiger partial charge in [0.05, 0.1) is 0 Å². The summed E-state index contributed by atoms with van der Waals surface area (Å²) in [5.41, 5.74) is 1.40. The average Bonchev–Trinajstić information content (AvgIpc) is 3.14. The van der Waals surface area contributed by atoms with E-state index >= 15 is 0 Å². The van der Waals surface area contributed by atoms with Gasteiger partial charge in [0.25, 0.3) is 5.91 Å². The van der Waals surface area contributed by atoms with E-state index in [4.69, 9.17) is 0 Å². The molecule has 2 unspecified atom stereocenters. The van der Waals surface area contributed by atoms with E-state index in [-0.39, 0.29) is 48.7 Å². The third-order valence-electron chi connectivity index (χ3n) is 5.48. The summed E-state index contributed by atoms with van der Waals surface area (Å²) >= 11 is 0. The fourth-order valence-corrected chi connectivity index (χ4v) is 3.89. The van der Waals surface area contributed by atoms with E-state index in [1.807, 2.05) is 24.1 Å². The predicted octanol–water partition coefficient (Wildman–Crippen LogP) is 2.78. The molecule has 3 rings (SSSR count). The Labute approximate surface area is 180 Å². The highest BCUT2D eigenvalue weighted by atomic mass is 35.5. The fourth-order valence-electron chi connectivity index (χ4n) is 3.89. The first-order chi connectivity index (χ1) is 12.5. The van der Waals surface area contributed by atoms with Gasteiger partial charge < -0.3 is 20.4 Å². The Balaban J connectivity index is 0.00000196. The molecule has 0 bridgehead atoms. The number of hydrogen-bond donors (Lipinski definition) is 2. The normalized spacial score (nSPS) is 21.9. The van der Waals surface area contributed by atoms with E-state index in [1.54, 1.807) is 12.1 Å². The second-order valence-electron chi connectivity index (χ2n) is 7.60. The van der Waals surface area contributed by atoms with Crippen LogP contribution < -0.4 is 10.6 Å². The molecule has 2 N–H and O–H groups in total. The molecular formula is C20H32Cl2N4O2. The number of nitrogens with zero attached hydrogens (tertiary/aromatic N) is 2. The Bertz CT molecular complexity index is 636. The van der Waals surface area contributed by atoms with Crippen LogP contribution in [0.2, 0.25) is 0 Å². The van der Waals surface area contributed by atoms with Gasteiger partial charge in [-0.15, -0.1) is 24.8 Å². The number of halogens is 2. The van der Waals surface area contributed by atoms with Crippen LogP contribution in [0, 0.1) is 0 Å². The number of nitrogens with one attached hydrogen (secondary N) is 2. The molecule has 2 saturated heterocycles. The lowest BCUT2D eigenvalue weighted by Gasteiger charge is -2.35. The molecule has 2 aliphatic heterocycles. The molecule has 0 aliphatic carbocycles. The Kier molecular flexibility index (Phi) is 10.2. The average molecular weight is 431 g/mol. The minimum Gasteiger partial charge on any atom is -0.337 e. The van der Waals surface area contributed by atoms with E-state index < -0.39 is 0 Å². The highest BCUT2D eigenvalue weighted by Crippen LogP contribution is 2.18. The van der Waals surface area contributed by atoms with Crippen LogP contribution >= 0.6 is 24.8 Å². The van der Waals surface area contributed by atoms with Crippen LogP contribution in [0.15, 0.2) is 24.3 Å². The predicted molar refractivity (Wildman–Crippen MR) is 118 cm³/mol. The largest absolute Gasteiger partial charge is 0.337 e. The van der Waals surface area contributed by atoms with Crippen LogP contribution in [0.4, 0.5) is 5.69 Å². The molecule has 0 aromatic heterocycles. The lowest BCUT2D eigenvalue weighted by Crippen LogP contribution is -2.47. The monoisotopic (exact) mass is 430 g/mol. The SMILES string of the molecule is CN1CCCC(N(C)C(=O)c2ccc(NC(=O)CC3CCCN3)cc2)C1.Cl.Cl. The van der Waals surface area contributed by atoms with Crippen molar-refractivity contribution < 1.29 is 9.59 Å². The van der Waals surface area contributed by atoms with Crippen LogP contribution in [0.25, 0.3) is 0 Å². The van der Waals surface area contributed by atoms with Crippen molar-refractivity contribution in [1.29, 1.82) is 0 Å². The first kappa shape index (κ1) is 24.7. The molecule has 0 spiro atoms. The number of benzene rings is 1. The van der Waals surface area contributed by atoms with Crippen molar-refractivity contribution in [1.82, 2.24) is 15.1 Å². The molecule has 2 aliphatic rings. The van der Waals surface area contributed by atoms with Gasteiger partial charge in [-0.25, -0.2) is 0 Å². The van der Waals surface area contributed by atoms with Gasteiger partial charge in [0.2, 0.25) is 5.91 Å². The van der Waals surface area contributed by atoms with Crippen molar-refractivity contribution in [3.63, 3.8) is 0 Å². The number of carbonyl (C=O) groups is 2. The highest BCUT2D eigenvalue weighted by Gasteiger charge is 2.25. The molecule has 2 fully saturated rings. The lowest BCUT2D eigenvalue weighted by molar-refractivity contribution is -0.116. The molecule has 8 heteroatoms. The highest BCUT2D eigenvalue weighted by molar-refractivity contribution is 5.96. The van der Waals surface area contributed by atoms with Gasteiger partial charge in [0, 0.05) is 43.3 Å². The maximum absolute atomic E-state index is 12.7. The van der Waals surface area contributed by atoms with E-state index in [0.717, 1.165) is 51.0 Å². The molecule has 158 valence electrons. The number of rotatable bonds is 5. The summed E-state index contributed by atoms with van der Waals surface area (Å²) in [5, 5.41) is 6.25. The van der Waals surface area contributed by atoms with Crippen LogP contribution in [-0.2, 0) is 4.79 Å². The van der Waals surface area contributed by atoms with Crippen LogP contribution in [-0.4, -0.2) is 67.4 Å². The number of likely N-dealkylation sites (N-methyl/N-ethyl adjacent to an activating group) is 2. The third-order valence-corrected chi connectivity index (χ3v) is 5.48. The molecule has 1 aromatic rings. The van der Waals surface area contributed by atoms with Gasteiger partial charge in [-0.05, 0) is 70.1 Å². The minimum atomic E-state index is 0. The standard InChI is InChI=1S/C20H30N4O2.2ClH/c1-23-12-4-6-18(14-23)24(2)20(26)15-7-9-16(10-8-15)22-19(25)13-17-5-3-11-21-17;;/h7-10,17-18,21H,3-6,11-14H2,1-2H3,(H,22,25);2*1H. The Morgan fingerprint density at radius 2 is 1.89 bits per heavy atom. The zero-order chi connectivity index (χ0) is 18.5. The molecule has 0 saturated carbocycles. The van der Waals surface area contributed by atoms with Gasteiger partial charge in [-0.2, -0.15) is 0 Å². The van der Waals surface area contributed by atoms with Crippen molar-refractivity contribution in [3.05, 3.63) is 29.8 Å². The molecule has 1 aromatic carbocycles. The van der Waals surface area contributed by atoms with E-state index in [2.05, 4.69) is 22.6 Å². The number of hydrogen-bond acceptors (Lipinski definition) is 4. The second kappa shape index (κ2) is 11.6. The smallest absolute Gasteiger partial charge is 0.253 e.